The maximum atomic E-state index is 13.3. The van der Waals surface area contributed by atoms with Crippen molar-refractivity contribution in [2.75, 3.05) is 6.54 Å². The molecule has 0 radical (unpaired) electrons. The molecular formula is C26H29F3N2O. The molecule has 0 N–H and O–H groups in total. The van der Waals surface area contributed by atoms with Gasteiger partial charge in [-0.15, -0.1) is 0 Å². The molecule has 0 saturated heterocycles. The first-order chi connectivity index (χ1) is 15.1. The normalized spacial score (nSPS) is 19.3. The number of alkyl halides is 3. The number of nitriles is 1. The van der Waals surface area contributed by atoms with Gasteiger partial charge < -0.3 is 4.90 Å². The molecule has 0 bridgehead atoms. The van der Waals surface area contributed by atoms with Crippen LogP contribution in [-0.4, -0.2) is 29.6 Å². The van der Waals surface area contributed by atoms with Crippen LogP contribution in [0.15, 0.2) is 48.5 Å². The van der Waals surface area contributed by atoms with Crippen molar-refractivity contribution in [1.29, 1.82) is 5.26 Å². The molecule has 0 unspecified atom stereocenters. The Labute approximate surface area is 187 Å². The number of amides is 1. The summed E-state index contributed by atoms with van der Waals surface area (Å²) >= 11 is 0. The first-order valence-electron chi connectivity index (χ1n) is 11.1. The summed E-state index contributed by atoms with van der Waals surface area (Å²) in [6.45, 7) is 4.77. The number of carbonyl (C=O) groups is 1. The fourth-order valence-electron chi connectivity index (χ4n) is 4.51. The molecule has 1 saturated carbocycles. The second-order valence-electron chi connectivity index (χ2n) is 9.03. The number of hydrogen-bond donors (Lipinski definition) is 0. The van der Waals surface area contributed by atoms with Gasteiger partial charge in [0, 0.05) is 18.2 Å². The zero-order valence-corrected chi connectivity index (χ0v) is 18.7. The number of benzene rings is 2. The first-order valence-corrected chi connectivity index (χ1v) is 11.1. The van der Waals surface area contributed by atoms with E-state index in [1.807, 2.05) is 24.0 Å². The van der Waals surface area contributed by atoms with Gasteiger partial charge in [-0.1, -0.05) is 24.3 Å². The summed E-state index contributed by atoms with van der Waals surface area (Å²) in [5.74, 6) is 0.232. The second kappa shape index (κ2) is 9.36. The summed E-state index contributed by atoms with van der Waals surface area (Å²) < 4.78 is 39.9. The lowest BCUT2D eigenvalue weighted by atomic mass is 9.80. The SMILES string of the molecule is CCN(C(=O)c1ccc(C(C)(C)C(F)(F)F)cc1)C1CCC(c2cccc(C#N)c2)CC1. The van der Waals surface area contributed by atoms with Crippen LogP contribution in [0.4, 0.5) is 13.2 Å². The Morgan fingerprint density at radius 3 is 2.22 bits per heavy atom. The summed E-state index contributed by atoms with van der Waals surface area (Å²) in [6, 6.07) is 15.8. The Bertz CT molecular complexity index is 981. The molecule has 0 spiro atoms. The van der Waals surface area contributed by atoms with Crippen LogP contribution in [0.1, 0.15) is 79.4 Å². The summed E-state index contributed by atoms with van der Waals surface area (Å²) in [7, 11) is 0. The molecule has 0 atom stereocenters. The summed E-state index contributed by atoms with van der Waals surface area (Å²) in [5, 5.41) is 9.13. The van der Waals surface area contributed by atoms with Crippen LogP contribution in [-0.2, 0) is 5.41 Å². The lowest BCUT2D eigenvalue weighted by molar-refractivity contribution is -0.180. The molecule has 2 aromatic carbocycles. The summed E-state index contributed by atoms with van der Waals surface area (Å²) in [6.07, 6.45) is -0.774. The molecule has 1 aliphatic carbocycles. The van der Waals surface area contributed by atoms with Gasteiger partial charge >= 0.3 is 6.18 Å². The third-order valence-corrected chi connectivity index (χ3v) is 6.79. The number of hydrogen-bond acceptors (Lipinski definition) is 2. The first kappa shape index (κ1) is 23.8. The highest BCUT2D eigenvalue weighted by Gasteiger charge is 2.48. The van der Waals surface area contributed by atoms with E-state index in [4.69, 9.17) is 5.26 Å². The van der Waals surface area contributed by atoms with Gasteiger partial charge in [0.15, 0.2) is 0 Å². The molecule has 1 fully saturated rings. The van der Waals surface area contributed by atoms with Crippen LogP contribution in [0.25, 0.3) is 0 Å². The molecular weight excluding hydrogens is 413 g/mol. The van der Waals surface area contributed by atoms with E-state index >= 15 is 0 Å². The number of nitrogens with zero attached hydrogens (tertiary/aromatic N) is 2. The number of halogens is 3. The topological polar surface area (TPSA) is 44.1 Å². The largest absolute Gasteiger partial charge is 0.397 e. The minimum absolute atomic E-state index is 0.106. The van der Waals surface area contributed by atoms with E-state index in [1.165, 1.54) is 29.8 Å². The van der Waals surface area contributed by atoms with Crippen molar-refractivity contribution in [3.63, 3.8) is 0 Å². The lowest BCUT2D eigenvalue weighted by Crippen LogP contribution is -2.42. The van der Waals surface area contributed by atoms with Gasteiger partial charge in [0.2, 0.25) is 0 Å². The van der Waals surface area contributed by atoms with Crippen LogP contribution < -0.4 is 0 Å². The van der Waals surface area contributed by atoms with Crippen LogP contribution in [0.5, 0.6) is 0 Å². The maximum absolute atomic E-state index is 13.3. The van der Waals surface area contributed by atoms with Gasteiger partial charge in [0.25, 0.3) is 5.91 Å². The van der Waals surface area contributed by atoms with Crippen molar-refractivity contribution in [2.24, 2.45) is 0 Å². The van der Waals surface area contributed by atoms with Gasteiger partial charge in [0.05, 0.1) is 17.0 Å². The molecule has 3 rings (SSSR count). The Morgan fingerprint density at radius 2 is 1.69 bits per heavy atom. The summed E-state index contributed by atoms with van der Waals surface area (Å²) in [5.41, 5.74) is 0.411. The molecule has 0 heterocycles. The van der Waals surface area contributed by atoms with E-state index in [2.05, 4.69) is 12.1 Å². The highest BCUT2D eigenvalue weighted by atomic mass is 19.4. The smallest absolute Gasteiger partial charge is 0.336 e. The van der Waals surface area contributed by atoms with Crippen molar-refractivity contribution in [3.05, 3.63) is 70.8 Å². The van der Waals surface area contributed by atoms with Gasteiger partial charge in [-0.2, -0.15) is 18.4 Å². The Kier molecular flexibility index (Phi) is 6.97. The van der Waals surface area contributed by atoms with Crippen LogP contribution in [0.2, 0.25) is 0 Å². The van der Waals surface area contributed by atoms with E-state index in [0.717, 1.165) is 39.5 Å². The Morgan fingerprint density at radius 1 is 1.06 bits per heavy atom. The fourth-order valence-corrected chi connectivity index (χ4v) is 4.51. The Balaban J connectivity index is 1.68. The third kappa shape index (κ3) is 4.82. The van der Waals surface area contributed by atoms with Gasteiger partial charge in [-0.3, -0.25) is 4.79 Å². The fraction of sp³-hybridized carbons (Fsp3) is 0.462. The van der Waals surface area contributed by atoms with E-state index in [1.54, 1.807) is 6.07 Å². The molecule has 0 aromatic heterocycles. The van der Waals surface area contributed by atoms with Crippen LogP contribution in [0, 0.1) is 11.3 Å². The number of rotatable bonds is 5. The molecule has 170 valence electrons. The molecule has 1 amide bonds. The van der Waals surface area contributed by atoms with E-state index in [0.29, 0.717) is 23.6 Å². The lowest BCUT2D eigenvalue weighted by Gasteiger charge is -2.37. The molecule has 6 heteroatoms. The second-order valence-corrected chi connectivity index (χ2v) is 9.03. The molecule has 1 aliphatic rings. The highest BCUT2D eigenvalue weighted by Crippen LogP contribution is 2.40. The van der Waals surface area contributed by atoms with Crippen molar-refractivity contribution >= 4 is 5.91 Å². The standard InChI is InChI=1S/C26H29F3N2O/c1-4-31(23-14-10-19(11-15-23)21-7-5-6-18(16-21)17-30)24(32)20-8-12-22(13-9-20)25(2,3)26(27,28)29/h5-9,12-13,16,19,23H,4,10-11,14-15H2,1-3H3. The minimum atomic E-state index is -4.36. The van der Waals surface area contributed by atoms with Crippen LogP contribution in [0.3, 0.4) is 0 Å². The zero-order chi connectivity index (χ0) is 23.5. The van der Waals surface area contributed by atoms with Gasteiger partial charge in [-0.05, 0) is 87.8 Å². The van der Waals surface area contributed by atoms with Crippen LogP contribution >= 0.6 is 0 Å². The molecule has 0 aliphatic heterocycles. The monoisotopic (exact) mass is 442 g/mol. The average molecular weight is 443 g/mol. The molecule has 2 aromatic rings. The zero-order valence-electron chi connectivity index (χ0n) is 18.7. The average Bonchev–Trinajstić information content (AvgIpc) is 2.79. The predicted molar refractivity (Wildman–Crippen MR) is 118 cm³/mol. The van der Waals surface area contributed by atoms with Crippen molar-refractivity contribution in [2.45, 2.75) is 70.0 Å². The third-order valence-electron chi connectivity index (χ3n) is 6.79. The van der Waals surface area contributed by atoms with Crippen molar-refractivity contribution < 1.29 is 18.0 Å². The Hall–Kier alpha value is -2.81. The maximum Gasteiger partial charge on any atom is 0.397 e. The quantitative estimate of drug-likeness (QED) is 0.524. The van der Waals surface area contributed by atoms with Gasteiger partial charge in [0.1, 0.15) is 0 Å². The minimum Gasteiger partial charge on any atom is -0.336 e. The number of carbonyl (C=O) groups excluding carboxylic acids is 1. The van der Waals surface area contributed by atoms with Crippen molar-refractivity contribution in [3.8, 4) is 6.07 Å². The van der Waals surface area contributed by atoms with E-state index in [9.17, 15) is 18.0 Å². The molecule has 3 nitrogen and oxygen atoms in total. The predicted octanol–water partition coefficient (Wildman–Crippen LogP) is 6.59. The van der Waals surface area contributed by atoms with Crippen molar-refractivity contribution in [1.82, 2.24) is 4.90 Å². The summed E-state index contributed by atoms with van der Waals surface area (Å²) in [4.78, 5) is 15.0. The van der Waals surface area contributed by atoms with E-state index in [-0.39, 0.29) is 17.5 Å². The van der Waals surface area contributed by atoms with E-state index < -0.39 is 11.6 Å². The highest BCUT2D eigenvalue weighted by molar-refractivity contribution is 5.94. The molecule has 32 heavy (non-hydrogen) atoms. The van der Waals surface area contributed by atoms with Gasteiger partial charge in [-0.25, -0.2) is 0 Å².